The fourth-order valence-corrected chi connectivity index (χ4v) is 5.44. The molecule has 1 spiro atoms. The summed E-state index contributed by atoms with van der Waals surface area (Å²) in [7, 11) is 0. The summed E-state index contributed by atoms with van der Waals surface area (Å²) in [6, 6.07) is 0. The number of hydrogen-bond acceptors (Lipinski definition) is 2. The molecule has 3 fully saturated rings. The standard InChI is InChI=1S/C17H27NO2/c1-16(2)8-5-9-17(11-16)10-13(19)18-15(20)14(17)12-6-3-4-7-12/h12,14H,3-11H2,1-2H3,(H,18,19,20). The second-order valence-electron chi connectivity index (χ2n) is 8.17. The molecule has 3 nitrogen and oxygen atoms in total. The van der Waals surface area contributed by atoms with Gasteiger partial charge in [0.05, 0.1) is 0 Å². The summed E-state index contributed by atoms with van der Waals surface area (Å²) < 4.78 is 0. The molecule has 1 N–H and O–H groups in total. The topological polar surface area (TPSA) is 46.2 Å². The lowest BCUT2D eigenvalue weighted by Gasteiger charge is -2.52. The Kier molecular flexibility index (Phi) is 3.42. The fraction of sp³-hybridized carbons (Fsp3) is 0.882. The minimum absolute atomic E-state index is 0.0332. The zero-order valence-electron chi connectivity index (χ0n) is 12.8. The van der Waals surface area contributed by atoms with Crippen molar-refractivity contribution in [1.29, 1.82) is 0 Å². The monoisotopic (exact) mass is 277 g/mol. The zero-order chi connectivity index (χ0) is 14.4. The van der Waals surface area contributed by atoms with Crippen LogP contribution in [0.15, 0.2) is 0 Å². The Labute approximate surface area is 121 Å². The van der Waals surface area contributed by atoms with Crippen LogP contribution in [0.4, 0.5) is 0 Å². The van der Waals surface area contributed by atoms with Crippen LogP contribution in [0.25, 0.3) is 0 Å². The lowest BCUT2D eigenvalue weighted by Crippen LogP contribution is -2.56. The number of nitrogens with one attached hydrogen (secondary N) is 1. The number of hydrogen-bond donors (Lipinski definition) is 1. The van der Waals surface area contributed by atoms with E-state index in [0.29, 0.717) is 12.3 Å². The van der Waals surface area contributed by atoms with E-state index in [0.717, 1.165) is 19.3 Å². The summed E-state index contributed by atoms with van der Waals surface area (Å²) in [6.07, 6.45) is 9.92. The maximum absolute atomic E-state index is 12.5. The zero-order valence-corrected chi connectivity index (χ0v) is 12.8. The van der Waals surface area contributed by atoms with Crippen molar-refractivity contribution < 1.29 is 9.59 Å². The molecule has 3 rings (SSSR count). The summed E-state index contributed by atoms with van der Waals surface area (Å²) >= 11 is 0. The maximum atomic E-state index is 12.5. The highest BCUT2D eigenvalue weighted by atomic mass is 16.2. The van der Waals surface area contributed by atoms with E-state index in [9.17, 15) is 9.59 Å². The van der Waals surface area contributed by atoms with Gasteiger partial charge in [-0.2, -0.15) is 0 Å². The number of carbonyl (C=O) groups excluding carboxylic acids is 2. The van der Waals surface area contributed by atoms with Gasteiger partial charge in [0.25, 0.3) is 0 Å². The lowest BCUT2D eigenvalue weighted by atomic mass is 9.53. The van der Waals surface area contributed by atoms with Gasteiger partial charge < -0.3 is 0 Å². The third-order valence-electron chi connectivity index (χ3n) is 5.95. The summed E-state index contributed by atoms with van der Waals surface area (Å²) in [5, 5.41) is 2.63. The normalized spacial score (nSPS) is 38.2. The molecule has 20 heavy (non-hydrogen) atoms. The van der Waals surface area contributed by atoms with Crippen LogP contribution in [0.3, 0.4) is 0 Å². The molecule has 3 heteroatoms. The third-order valence-corrected chi connectivity index (χ3v) is 5.95. The Morgan fingerprint density at radius 3 is 2.40 bits per heavy atom. The van der Waals surface area contributed by atoms with Gasteiger partial charge >= 0.3 is 0 Å². The quantitative estimate of drug-likeness (QED) is 0.746. The molecule has 2 amide bonds. The average molecular weight is 277 g/mol. The molecule has 0 aromatic heterocycles. The molecule has 112 valence electrons. The van der Waals surface area contributed by atoms with Crippen molar-refractivity contribution in [1.82, 2.24) is 5.32 Å². The van der Waals surface area contributed by atoms with Crippen LogP contribution in [0.2, 0.25) is 0 Å². The number of carbonyl (C=O) groups is 2. The summed E-state index contributed by atoms with van der Waals surface area (Å²) in [4.78, 5) is 24.5. The Hall–Kier alpha value is -0.860. The van der Waals surface area contributed by atoms with E-state index < -0.39 is 0 Å². The molecular formula is C17H27NO2. The van der Waals surface area contributed by atoms with Gasteiger partial charge in [0, 0.05) is 12.3 Å². The first kappa shape index (κ1) is 14.1. The molecule has 0 aromatic carbocycles. The first-order chi connectivity index (χ1) is 9.42. The van der Waals surface area contributed by atoms with Crippen LogP contribution >= 0.6 is 0 Å². The largest absolute Gasteiger partial charge is 0.296 e. The maximum Gasteiger partial charge on any atom is 0.230 e. The molecule has 2 unspecified atom stereocenters. The average Bonchev–Trinajstić information content (AvgIpc) is 2.79. The summed E-state index contributed by atoms with van der Waals surface area (Å²) in [5.41, 5.74) is 0.225. The van der Waals surface area contributed by atoms with Gasteiger partial charge in [-0.25, -0.2) is 0 Å². The van der Waals surface area contributed by atoms with Gasteiger partial charge in [0.15, 0.2) is 0 Å². The van der Waals surface area contributed by atoms with E-state index in [1.165, 1.54) is 32.1 Å². The second kappa shape index (κ2) is 4.85. The molecule has 2 saturated carbocycles. The highest BCUT2D eigenvalue weighted by molar-refractivity contribution is 5.99. The molecule has 3 aliphatic rings. The van der Waals surface area contributed by atoms with E-state index >= 15 is 0 Å². The van der Waals surface area contributed by atoms with Crippen LogP contribution in [0.5, 0.6) is 0 Å². The van der Waals surface area contributed by atoms with Gasteiger partial charge in [-0.15, -0.1) is 0 Å². The van der Waals surface area contributed by atoms with Crippen molar-refractivity contribution in [2.24, 2.45) is 22.7 Å². The Bertz CT molecular complexity index is 423. The molecule has 0 bridgehead atoms. The minimum atomic E-state index is -0.0455. The van der Waals surface area contributed by atoms with Crippen molar-refractivity contribution in [3.05, 3.63) is 0 Å². The van der Waals surface area contributed by atoms with Crippen molar-refractivity contribution in [3.63, 3.8) is 0 Å². The SMILES string of the molecule is CC1(C)CCCC2(CC(=O)NC(=O)C2C2CCCC2)C1. The molecule has 1 aliphatic heterocycles. The van der Waals surface area contributed by atoms with Crippen molar-refractivity contribution >= 4 is 11.8 Å². The molecule has 1 saturated heterocycles. The first-order valence-corrected chi connectivity index (χ1v) is 8.26. The number of piperidine rings is 1. The molecular weight excluding hydrogens is 250 g/mol. The fourth-order valence-electron chi connectivity index (χ4n) is 5.44. The van der Waals surface area contributed by atoms with Crippen LogP contribution in [-0.4, -0.2) is 11.8 Å². The second-order valence-corrected chi connectivity index (χ2v) is 8.17. The Morgan fingerprint density at radius 2 is 1.75 bits per heavy atom. The van der Waals surface area contributed by atoms with Gasteiger partial charge in [0.1, 0.15) is 0 Å². The highest BCUT2D eigenvalue weighted by Crippen LogP contribution is 2.57. The van der Waals surface area contributed by atoms with Crippen LogP contribution < -0.4 is 5.32 Å². The number of amides is 2. The molecule has 2 aliphatic carbocycles. The highest BCUT2D eigenvalue weighted by Gasteiger charge is 2.54. The van der Waals surface area contributed by atoms with Gasteiger partial charge in [-0.05, 0) is 48.9 Å². The van der Waals surface area contributed by atoms with Crippen molar-refractivity contribution in [3.8, 4) is 0 Å². The predicted octanol–water partition coefficient (Wildman–Crippen LogP) is 3.43. The van der Waals surface area contributed by atoms with Gasteiger partial charge in [0.2, 0.25) is 11.8 Å². The van der Waals surface area contributed by atoms with E-state index in [2.05, 4.69) is 19.2 Å². The van der Waals surface area contributed by atoms with E-state index in [1.54, 1.807) is 0 Å². The molecule has 2 atom stereocenters. The first-order valence-electron chi connectivity index (χ1n) is 8.26. The summed E-state index contributed by atoms with van der Waals surface area (Å²) in [5.74, 6) is 0.590. The molecule has 1 heterocycles. The third kappa shape index (κ3) is 2.40. The number of rotatable bonds is 1. The molecule has 0 aromatic rings. The lowest BCUT2D eigenvalue weighted by molar-refractivity contribution is -0.150. The van der Waals surface area contributed by atoms with Gasteiger partial charge in [-0.1, -0.05) is 33.1 Å². The Balaban J connectivity index is 1.94. The number of imide groups is 1. The van der Waals surface area contributed by atoms with Crippen molar-refractivity contribution in [2.45, 2.75) is 71.6 Å². The van der Waals surface area contributed by atoms with Crippen LogP contribution in [-0.2, 0) is 9.59 Å². The molecule has 0 radical (unpaired) electrons. The van der Waals surface area contributed by atoms with Crippen LogP contribution in [0, 0.1) is 22.7 Å². The summed E-state index contributed by atoms with van der Waals surface area (Å²) in [6.45, 7) is 4.60. The van der Waals surface area contributed by atoms with E-state index in [4.69, 9.17) is 0 Å². The van der Waals surface area contributed by atoms with Crippen molar-refractivity contribution in [2.75, 3.05) is 0 Å². The van der Waals surface area contributed by atoms with Crippen LogP contribution in [0.1, 0.15) is 71.6 Å². The minimum Gasteiger partial charge on any atom is -0.296 e. The van der Waals surface area contributed by atoms with E-state index in [-0.39, 0.29) is 28.6 Å². The van der Waals surface area contributed by atoms with Gasteiger partial charge in [-0.3, -0.25) is 14.9 Å². The predicted molar refractivity (Wildman–Crippen MR) is 77.9 cm³/mol. The Morgan fingerprint density at radius 1 is 1.05 bits per heavy atom. The van der Waals surface area contributed by atoms with E-state index in [1.807, 2.05) is 0 Å². The smallest absolute Gasteiger partial charge is 0.230 e.